The molecule has 0 bridgehead atoms. The number of alkyl halides is 3. The lowest BCUT2D eigenvalue weighted by Crippen LogP contribution is -2.28. The summed E-state index contributed by atoms with van der Waals surface area (Å²) in [5.74, 6) is -0.0363. The van der Waals surface area contributed by atoms with Crippen molar-refractivity contribution in [2.24, 2.45) is 0 Å². The molecule has 0 saturated carbocycles. The van der Waals surface area contributed by atoms with Crippen LogP contribution in [0.25, 0.3) is 0 Å². The van der Waals surface area contributed by atoms with Gasteiger partial charge in [-0.1, -0.05) is 35.9 Å². The number of nitrogens with zero attached hydrogens (tertiary/aromatic N) is 1. The normalized spacial score (nSPS) is 18.5. The first-order valence-corrected chi connectivity index (χ1v) is 8.16. The first kappa shape index (κ1) is 16.2. The van der Waals surface area contributed by atoms with E-state index in [9.17, 15) is 18.0 Å². The third-order valence-electron chi connectivity index (χ3n) is 3.49. The Balaban J connectivity index is 2.03. The number of thioether (sulfide) groups is 1. The van der Waals surface area contributed by atoms with Gasteiger partial charge in [0.05, 0.1) is 11.3 Å². The smallest absolute Gasteiger partial charge is 0.295 e. The largest absolute Gasteiger partial charge is 0.416 e. The van der Waals surface area contributed by atoms with E-state index in [4.69, 9.17) is 11.6 Å². The predicted octanol–water partition coefficient (Wildman–Crippen LogP) is 5.14. The number of halogens is 4. The summed E-state index contributed by atoms with van der Waals surface area (Å²) in [5.41, 5.74) is 0.153. The van der Waals surface area contributed by atoms with Crippen LogP contribution in [0.15, 0.2) is 48.5 Å². The Morgan fingerprint density at radius 2 is 1.87 bits per heavy atom. The molecule has 1 aliphatic rings. The lowest BCUT2D eigenvalue weighted by Gasteiger charge is -2.25. The van der Waals surface area contributed by atoms with Crippen molar-refractivity contribution in [2.75, 3.05) is 10.7 Å². The molecule has 1 saturated heterocycles. The van der Waals surface area contributed by atoms with E-state index < -0.39 is 17.1 Å². The summed E-state index contributed by atoms with van der Waals surface area (Å²) < 4.78 is 38.7. The van der Waals surface area contributed by atoms with Gasteiger partial charge in [-0.2, -0.15) is 13.2 Å². The summed E-state index contributed by atoms with van der Waals surface area (Å²) in [4.78, 5) is 13.6. The van der Waals surface area contributed by atoms with Crippen molar-refractivity contribution in [2.45, 2.75) is 11.6 Å². The van der Waals surface area contributed by atoms with E-state index >= 15 is 0 Å². The zero-order valence-corrected chi connectivity index (χ0v) is 13.3. The summed E-state index contributed by atoms with van der Waals surface area (Å²) in [6, 6.07) is 11.8. The van der Waals surface area contributed by atoms with Crippen LogP contribution < -0.4 is 4.90 Å². The molecule has 0 unspecified atom stereocenters. The molecule has 3 rings (SSSR count). The van der Waals surface area contributed by atoms with Crippen LogP contribution in [0.3, 0.4) is 0 Å². The number of anilines is 1. The average molecular weight is 358 g/mol. The van der Waals surface area contributed by atoms with Crippen LogP contribution in [0.2, 0.25) is 5.02 Å². The van der Waals surface area contributed by atoms with E-state index in [1.54, 1.807) is 24.3 Å². The van der Waals surface area contributed by atoms with Crippen molar-refractivity contribution < 1.29 is 18.0 Å². The van der Waals surface area contributed by atoms with Crippen molar-refractivity contribution in [3.05, 3.63) is 64.7 Å². The van der Waals surface area contributed by atoms with Crippen LogP contribution in [0.4, 0.5) is 18.9 Å². The molecule has 1 fully saturated rings. The number of rotatable bonds is 2. The third kappa shape index (κ3) is 3.19. The second-order valence-electron chi connectivity index (χ2n) is 5.00. The topological polar surface area (TPSA) is 20.3 Å². The molecule has 0 spiro atoms. The van der Waals surface area contributed by atoms with Gasteiger partial charge in [-0.3, -0.25) is 9.69 Å². The molecule has 1 aliphatic heterocycles. The van der Waals surface area contributed by atoms with Gasteiger partial charge < -0.3 is 0 Å². The summed E-state index contributed by atoms with van der Waals surface area (Å²) in [5, 5.41) is 0.0522. The molecule has 0 N–H and O–H groups in total. The SMILES string of the molecule is O=C1CS[C@H](c2ccccc2Cl)N1c1cccc(C(F)(F)F)c1. The minimum atomic E-state index is -4.45. The number of benzene rings is 2. The van der Waals surface area contributed by atoms with Crippen LogP contribution in [0.1, 0.15) is 16.5 Å². The molecule has 23 heavy (non-hydrogen) atoms. The average Bonchev–Trinajstić information content (AvgIpc) is 2.88. The Morgan fingerprint density at radius 1 is 1.13 bits per heavy atom. The van der Waals surface area contributed by atoms with Gasteiger partial charge in [-0.25, -0.2) is 0 Å². The molecule has 1 atom stereocenters. The number of amides is 1. The first-order valence-electron chi connectivity index (χ1n) is 6.73. The Bertz CT molecular complexity index is 750. The molecular formula is C16H11ClF3NOS. The first-order chi connectivity index (χ1) is 10.9. The Kier molecular flexibility index (Phi) is 4.29. The molecular weight excluding hydrogens is 347 g/mol. The third-order valence-corrected chi connectivity index (χ3v) is 5.03. The van der Waals surface area contributed by atoms with E-state index in [2.05, 4.69) is 0 Å². The van der Waals surface area contributed by atoms with Crippen molar-refractivity contribution in [3.8, 4) is 0 Å². The van der Waals surface area contributed by atoms with E-state index in [1.165, 1.54) is 28.8 Å². The lowest BCUT2D eigenvalue weighted by atomic mass is 10.1. The van der Waals surface area contributed by atoms with Crippen LogP contribution in [0.5, 0.6) is 0 Å². The molecule has 2 aromatic carbocycles. The maximum absolute atomic E-state index is 12.9. The monoisotopic (exact) mass is 357 g/mol. The maximum atomic E-state index is 12.9. The van der Waals surface area contributed by atoms with Gasteiger partial charge in [0.15, 0.2) is 0 Å². The Morgan fingerprint density at radius 3 is 2.57 bits per heavy atom. The summed E-state index contributed by atoms with van der Waals surface area (Å²) in [6.45, 7) is 0. The molecule has 0 radical (unpaired) electrons. The number of hydrogen-bond donors (Lipinski definition) is 0. The van der Waals surface area contributed by atoms with E-state index in [0.29, 0.717) is 10.6 Å². The second-order valence-corrected chi connectivity index (χ2v) is 6.47. The molecule has 2 nitrogen and oxygen atoms in total. The van der Waals surface area contributed by atoms with E-state index in [0.717, 1.165) is 12.1 Å². The van der Waals surface area contributed by atoms with Gasteiger partial charge in [0.1, 0.15) is 5.37 Å². The molecule has 7 heteroatoms. The van der Waals surface area contributed by atoms with Crippen LogP contribution in [-0.4, -0.2) is 11.7 Å². The van der Waals surface area contributed by atoms with Crippen LogP contribution in [-0.2, 0) is 11.0 Å². The van der Waals surface area contributed by atoms with Crippen molar-refractivity contribution in [1.29, 1.82) is 0 Å². The summed E-state index contributed by atoms with van der Waals surface area (Å²) in [7, 11) is 0. The van der Waals surface area contributed by atoms with Gasteiger partial charge in [0.25, 0.3) is 0 Å². The highest BCUT2D eigenvalue weighted by Gasteiger charge is 2.37. The van der Waals surface area contributed by atoms with Gasteiger partial charge >= 0.3 is 6.18 Å². The van der Waals surface area contributed by atoms with E-state index in [1.807, 2.05) is 0 Å². The molecule has 1 heterocycles. The van der Waals surface area contributed by atoms with Crippen molar-refractivity contribution in [3.63, 3.8) is 0 Å². The van der Waals surface area contributed by atoms with Gasteiger partial charge in [0.2, 0.25) is 5.91 Å². The summed E-state index contributed by atoms with van der Waals surface area (Å²) in [6.07, 6.45) is -4.45. The minimum Gasteiger partial charge on any atom is -0.295 e. The molecule has 1 amide bonds. The highest BCUT2D eigenvalue weighted by atomic mass is 35.5. The maximum Gasteiger partial charge on any atom is 0.416 e. The molecule has 120 valence electrons. The quantitative estimate of drug-likeness (QED) is 0.742. The highest BCUT2D eigenvalue weighted by Crippen LogP contribution is 2.44. The van der Waals surface area contributed by atoms with Crippen LogP contribution >= 0.6 is 23.4 Å². The fraction of sp³-hybridized carbons (Fsp3) is 0.188. The highest BCUT2D eigenvalue weighted by molar-refractivity contribution is 8.00. The zero-order valence-electron chi connectivity index (χ0n) is 11.7. The fourth-order valence-corrected chi connectivity index (χ4v) is 3.96. The van der Waals surface area contributed by atoms with Gasteiger partial charge in [-0.15, -0.1) is 11.8 Å². The van der Waals surface area contributed by atoms with Crippen molar-refractivity contribution >= 4 is 35.0 Å². The van der Waals surface area contributed by atoms with Crippen molar-refractivity contribution in [1.82, 2.24) is 0 Å². The standard InChI is InChI=1S/C16H11ClF3NOS/c17-13-7-2-1-6-12(13)15-21(14(22)9-23-15)11-5-3-4-10(8-11)16(18,19)20/h1-8,15H,9H2/t15-/m1/s1. The van der Waals surface area contributed by atoms with Gasteiger partial charge in [-0.05, 0) is 24.3 Å². The van der Waals surface area contributed by atoms with E-state index in [-0.39, 0.29) is 17.3 Å². The number of hydrogen-bond acceptors (Lipinski definition) is 2. The zero-order chi connectivity index (χ0) is 16.6. The summed E-state index contributed by atoms with van der Waals surface area (Å²) >= 11 is 7.52. The van der Waals surface area contributed by atoms with Crippen LogP contribution in [0, 0.1) is 0 Å². The number of carbonyl (C=O) groups is 1. The Labute approximate surface area is 140 Å². The molecule has 0 aromatic heterocycles. The molecule has 2 aromatic rings. The fourth-order valence-electron chi connectivity index (χ4n) is 2.44. The predicted molar refractivity (Wildman–Crippen MR) is 85.6 cm³/mol. The number of carbonyl (C=O) groups excluding carboxylic acids is 1. The lowest BCUT2D eigenvalue weighted by molar-refractivity contribution is -0.137. The molecule has 0 aliphatic carbocycles. The second kappa shape index (κ2) is 6.09. The minimum absolute atomic E-state index is 0.201. The van der Waals surface area contributed by atoms with Gasteiger partial charge in [0, 0.05) is 16.3 Å². The Hall–Kier alpha value is -1.66.